The average molecular weight is 264 g/mol. The van der Waals surface area contributed by atoms with Crippen LogP contribution >= 0.6 is 0 Å². The second kappa shape index (κ2) is 6.60. The number of hydrogen-bond donors (Lipinski definition) is 1. The lowest BCUT2D eigenvalue weighted by Crippen LogP contribution is -2.18. The van der Waals surface area contributed by atoms with Gasteiger partial charge in [0, 0.05) is 0 Å². The van der Waals surface area contributed by atoms with Crippen LogP contribution < -0.4 is 0 Å². The topological polar surface area (TPSA) is 46.5 Å². The molecule has 0 aliphatic heterocycles. The summed E-state index contributed by atoms with van der Waals surface area (Å²) in [7, 11) is 1.32. The molecular formula is C16H24O3. The molecule has 0 heterocycles. The van der Waals surface area contributed by atoms with E-state index in [1.807, 2.05) is 6.07 Å². The summed E-state index contributed by atoms with van der Waals surface area (Å²) >= 11 is 0. The summed E-state index contributed by atoms with van der Waals surface area (Å²) in [5.41, 5.74) is 1.29. The normalized spacial score (nSPS) is 11.4. The summed E-state index contributed by atoms with van der Waals surface area (Å²) in [5, 5.41) is 9.72. The summed E-state index contributed by atoms with van der Waals surface area (Å²) in [5.74, 6) is -0.524. The van der Waals surface area contributed by atoms with Crippen molar-refractivity contribution in [1.29, 1.82) is 0 Å². The maximum atomic E-state index is 11.6. The number of esters is 1. The van der Waals surface area contributed by atoms with Crippen LogP contribution in [0, 0.1) is 0 Å². The van der Waals surface area contributed by atoms with Crippen molar-refractivity contribution >= 4 is 5.97 Å². The van der Waals surface area contributed by atoms with Gasteiger partial charge in [-0.05, 0) is 29.5 Å². The van der Waals surface area contributed by atoms with Gasteiger partial charge in [-0.3, -0.25) is 0 Å². The van der Waals surface area contributed by atoms with E-state index < -0.39 is 5.97 Å². The number of benzene rings is 1. The first-order chi connectivity index (χ1) is 8.92. The molecule has 0 fully saturated rings. The van der Waals surface area contributed by atoms with Gasteiger partial charge in [0.25, 0.3) is 0 Å². The highest BCUT2D eigenvalue weighted by Crippen LogP contribution is 2.32. The van der Waals surface area contributed by atoms with E-state index in [0.29, 0.717) is 0 Å². The minimum Gasteiger partial charge on any atom is -0.507 e. The van der Waals surface area contributed by atoms with Crippen molar-refractivity contribution < 1.29 is 14.6 Å². The quantitative estimate of drug-likeness (QED) is 0.623. The Morgan fingerprint density at radius 3 is 2.58 bits per heavy atom. The molecule has 0 saturated heterocycles. The van der Waals surface area contributed by atoms with Gasteiger partial charge in [-0.25, -0.2) is 4.79 Å². The van der Waals surface area contributed by atoms with Crippen LogP contribution in [0.1, 0.15) is 62.4 Å². The number of carbonyl (C=O) groups excluding carboxylic acids is 1. The van der Waals surface area contributed by atoms with Gasteiger partial charge >= 0.3 is 5.97 Å². The van der Waals surface area contributed by atoms with Gasteiger partial charge in [-0.2, -0.15) is 0 Å². The van der Waals surface area contributed by atoms with Crippen molar-refractivity contribution in [3.05, 3.63) is 29.3 Å². The first kappa shape index (κ1) is 15.5. The van der Waals surface area contributed by atoms with E-state index in [9.17, 15) is 9.90 Å². The third-order valence-corrected chi connectivity index (χ3v) is 3.59. The summed E-state index contributed by atoms with van der Waals surface area (Å²) in [4.78, 5) is 11.6. The molecule has 1 aromatic carbocycles. The van der Waals surface area contributed by atoms with Gasteiger partial charge in [0.05, 0.1) is 7.11 Å². The van der Waals surface area contributed by atoms with Crippen LogP contribution in [0.2, 0.25) is 0 Å². The number of carbonyl (C=O) groups is 1. The minimum absolute atomic E-state index is 0.00829. The first-order valence-corrected chi connectivity index (χ1v) is 6.84. The predicted octanol–water partition coefficient (Wildman–Crippen LogP) is 4.04. The molecule has 0 unspecified atom stereocenters. The van der Waals surface area contributed by atoms with Crippen LogP contribution in [0.25, 0.3) is 0 Å². The fraction of sp³-hybridized carbons (Fsp3) is 0.562. The molecule has 1 N–H and O–H groups in total. The van der Waals surface area contributed by atoms with Crippen LogP contribution in [-0.2, 0) is 10.2 Å². The number of unbranched alkanes of at least 4 members (excludes halogenated alkanes) is 2. The Bertz CT molecular complexity index is 436. The number of phenols is 1. The van der Waals surface area contributed by atoms with Gasteiger partial charge in [0.2, 0.25) is 0 Å². The fourth-order valence-electron chi connectivity index (χ4n) is 2.19. The molecule has 0 saturated carbocycles. The molecule has 3 heteroatoms. The number of aromatic hydroxyl groups is 1. The van der Waals surface area contributed by atoms with E-state index in [1.165, 1.54) is 20.0 Å². The maximum Gasteiger partial charge on any atom is 0.341 e. The van der Waals surface area contributed by atoms with Crippen molar-refractivity contribution in [2.24, 2.45) is 0 Å². The second-order valence-corrected chi connectivity index (χ2v) is 5.56. The van der Waals surface area contributed by atoms with E-state index in [1.54, 1.807) is 12.1 Å². The smallest absolute Gasteiger partial charge is 0.341 e. The highest BCUT2D eigenvalue weighted by molar-refractivity contribution is 5.92. The third kappa shape index (κ3) is 3.98. The summed E-state index contributed by atoms with van der Waals surface area (Å²) in [6.45, 7) is 6.51. The van der Waals surface area contributed by atoms with E-state index in [4.69, 9.17) is 0 Å². The number of phenolic OH excluding ortho intramolecular Hbond substituents is 1. The molecule has 0 aromatic heterocycles. The molecule has 1 rings (SSSR count). The van der Waals surface area contributed by atoms with Gasteiger partial charge in [0.1, 0.15) is 11.3 Å². The number of methoxy groups -OCH3 is 1. The molecule has 0 spiro atoms. The maximum absolute atomic E-state index is 11.6. The van der Waals surface area contributed by atoms with E-state index in [2.05, 4.69) is 25.5 Å². The lowest BCUT2D eigenvalue weighted by molar-refractivity contribution is 0.0597. The lowest BCUT2D eigenvalue weighted by atomic mass is 9.79. The first-order valence-electron chi connectivity index (χ1n) is 6.84. The van der Waals surface area contributed by atoms with Crippen LogP contribution in [0.5, 0.6) is 5.75 Å². The molecule has 106 valence electrons. The SMILES string of the molecule is CCCCCC(C)(C)c1ccc(O)c(C(=O)OC)c1. The second-order valence-electron chi connectivity index (χ2n) is 5.56. The highest BCUT2D eigenvalue weighted by Gasteiger charge is 2.22. The summed E-state index contributed by atoms with van der Waals surface area (Å²) in [6.07, 6.45) is 4.63. The largest absolute Gasteiger partial charge is 0.507 e. The fourth-order valence-corrected chi connectivity index (χ4v) is 2.19. The molecule has 0 aliphatic rings. The molecule has 1 aromatic rings. The molecule has 3 nitrogen and oxygen atoms in total. The molecule has 0 amide bonds. The molecule has 0 atom stereocenters. The van der Waals surface area contributed by atoms with Gasteiger partial charge in [-0.1, -0.05) is 46.1 Å². The van der Waals surface area contributed by atoms with Crippen molar-refractivity contribution in [2.45, 2.75) is 51.9 Å². The van der Waals surface area contributed by atoms with Gasteiger partial charge in [0.15, 0.2) is 0 Å². The minimum atomic E-state index is -0.497. The zero-order valence-corrected chi connectivity index (χ0v) is 12.3. The highest BCUT2D eigenvalue weighted by atomic mass is 16.5. The summed E-state index contributed by atoms with van der Waals surface area (Å²) in [6, 6.07) is 5.20. The number of rotatable bonds is 6. The predicted molar refractivity (Wildman–Crippen MR) is 76.6 cm³/mol. The Morgan fingerprint density at radius 1 is 1.32 bits per heavy atom. The van der Waals surface area contributed by atoms with Crippen LogP contribution in [0.15, 0.2) is 18.2 Å². The van der Waals surface area contributed by atoms with Crippen molar-refractivity contribution in [3.8, 4) is 5.75 Å². The Morgan fingerprint density at radius 2 is 2.00 bits per heavy atom. The van der Waals surface area contributed by atoms with Crippen molar-refractivity contribution in [3.63, 3.8) is 0 Å². The van der Waals surface area contributed by atoms with Crippen LogP contribution in [-0.4, -0.2) is 18.2 Å². The summed E-state index contributed by atoms with van der Waals surface area (Å²) < 4.78 is 4.68. The Hall–Kier alpha value is -1.51. The Labute approximate surface area is 115 Å². The number of ether oxygens (including phenoxy) is 1. The Balaban J connectivity index is 2.97. The van der Waals surface area contributed by atoms with Crippen molar-refractivity contribution in [1.82, 2.24) is 0 Å². The average Bonchev–Trinajstić information content (AvgIpc) is 2.38. The molecule has 0 aliphatic carbocycles. The monoisotopic (exact) mass is 264 g/mol. The van der Waals surface area contributed by atoms with Crippen molar-refractivity contribution in [2.75, 3.05) is 7.11 Å². The standard InChI is InChI=1S/C16H24O3/c1-5-6-7-10-16(2,3)12-8-9-14(17)13(11-12)15(18)19-4/h8-9,11,17H,5-7,10H2,1-4H3. The van der Waals surface area contributed by atoms with E-state index >= 15 is 0 Å². The van der Waals surface area contributed by atoms with Crippen LogP contribution in [0.4, 0.5) is 0 Å². The zero-order chi connectivity index (χ0) is 14.5. The molecular weight excluding hydrogens is 240 g/mol. The molecule has 0 radical (unpaired) electrons. The molecule has 0 bridgehead atoms. The van der Waals surface area contributed by atoms with Gasteiger partial charge < -0.3 is 9.84 Å². The van der Waals surface area contributed by atoms with Gasteiger partial charge in [-0.15, -0.1) is 0 Å². The van der Waals surface area contributed by atoms with E-state index in [0.717, 1.165) is 18.4 Å². The number of hydrogen-bond acceptors (Lipinski definition) is 3. The Kier molecular flexibility index (Phi) is 5.40. The lowest BCUT2D eigenvalue weighted by Gasteiger charge is -2.26. The third-order valence-electron chi connectivity index (χ3n) is 3.59. The zero-order valence-electron chi connectivity index (χ0n) is 12.3. The molecule has 19 heavy (non-hydrogen) atoms. The van der Waals surface area contributed by atoms with Crippen LogP contribution in [0.3, 0.4) is 0 Å². The van der Waals surface area contributed by atoms with E-state index in [-0.39, 0.29) is 16.7 Å².